The zero-order valence-electron chi connectivity index (χ0n) is 13.0. The van der Waals surface area contributed by atoms with E-state index in [9.17, 15) is 4.79 Å². The van der Waals surface area contributed by atoms with E-state index in [1.807, 2.05) is 18.2 Å². The SMILES string of the molecule is CC(C=O)(CN1CCN2CCCCC2C1)c1ccccc1. The van der Waals surface area contributed by atoms with Gasteiger partial charge in [-0.25, -0.2) is 0 Å². The van der Waals surface area contributed by atoms with Crippen LogP contribution in [0.3, 0.4) is 0 Å². The maximum absolute atomic E-state index is 11.7. The molecule has 2 fully saturated rings. The molecule has 0 aliphatic carbocycles. The van der Waals surface area contributed by atoms with Gasteiger partial charge in [-0.3, -0.25) is 9.80 Å². The predicted molar refractivity (Wildman–Crippen MR) is 85.5 cm³/mol. The molecule has 0 N–H and O–H groups in total. The quantitative estimate of drug-likeness (QED) is 0.794. The molecule has 2 unspecified atom stereocenters. The molecule has 2 aliphatic rings. The first-order valence-corrected chi connectivity index (χ1v) is 8.19. The van der Waals surface area contributed by atoms with Crippen LogP contribution in [0.4, 0.5) is 0 Å². The molecule has 0 spiro atoms. The van der Waals surface area contributed by atoms with Crippen molar-refractivity contribution < 1.29 is 4.79 Å². The van der Waals surface area contributed by atoms with Gasteiger partial charge < -0.3 is 4.79 Å². The third-order valence-electron chi connectivity index (χ3n) is 5.17. The van der Waals surface area contributed by atoms with Crippen LogP contribution in [-0.2, 0) is 10.2 Å². The fraction of sp³-hybridized carbons (Fsp3) is 0.611. The van der Waals surface area contributed by atoms with E-state index >= 15 is 0 Å². The van der Waals surface area contributed by atoms with Crippen LogP contribution in [0, 0.1) is 0 Å². The van der Waals surface area contributed by atoms with Gasteiger partial charge in [-0.1, -0.05) is 36.8 Å². The Morgan fingerprint density at radius 1 is 1.19 bits per heavy atom. The molecule has 0 aromatic heterocycles. The summed E-state index contributed by atoms with van der Waals surface area (Å²) in [5.74, 6) is 0. The number of rotatable bonds is 4. The summed E-state index contributed by atoms with van der Waals surface area (Å²) < 4.78 is 0. The van der Waals surface area contributed by atoms with E-state index in [-0.39, 0.29) is 0 Å². The number of piperidine rings is 1. The lowest BCUT2D eigenvalue weighted by atomic mass is 9.83. The van der Waals surface area contributed by atoms with Gasteiger partial charge in [-0.05, 0) is 31.9 Å². The highest BCUT2D eigenvalue weighted by molar-refractivity contribution is 5.68. The predicted octanol–water partition coefficient (Wildman–Crippen LogP) is 2.31. The molecule has 2 heterocycles. The molecule has 1 aromatic carbocycles. The van der Waals surface area contributed by atoms with Crippen LogP contribution in [0.2, 0.25) is 0 Å². The second-order valence-corrected chi connectivity index (χ2v) is 6.82. The summed E-state index contributed by atoms with van der Waals surface area (Å²) in [5.41, 5.74) is 0.740. The topological polar surface area (TPSA) is 23.6 Å². The van der Waals surface area contributed by atoms with E-state index < -0.39 is 5.41 Å². The van der Waals surface area contributed by atoms with Crippen molar-refractivity contribution in [1.29, 1.82) is 0 Å². The Hall–Kier alpha value is -1.19. The molecule has 2 saturated heterocycles. The van der Waals surface area contributed by atoms with Crippen molar-refractivity contribution in [1.82, 2.24) is 9.80 Å². The molecule has 3 nitrogen and oxygen atoms in total. The van der Waals surface area contributed by atoms with Crippen molar-refractivity contribution in [2.24, 2.45) is 0 Å². The van der Waals surface area contributed by atoms with E-state index in [0.717, 1.165) is 38.0 Å². The van der Waals surface area contributed by atoms with Gasteiger partial charge in [0, 0.05) is 32.2 Å². The van der Waals surface area contributed by atoms with Gasteiger partial charge in [0.15, 0.2) is 0 Å². The van der Waals surface area contributed by atoms with Gasteiger partial charge in [0.05, 0.1) is 5.41 Å². The van der Waals surface area contributed by atoms with Crippen molar-refractivity contribution in [2.45, 2.75) is 37.6 Å². The molecular weight excluding hydrogens is 260 g/mol. The Kier molecular flexibility index (Phi) is 4.41. The Labute approximate surface area is 127 Å². The van der Waals surface area contributed by atoms with Crippen molar-refractivity contribution in [3.63, 3.8) is 0 Å². The number of carbonyl (C=O) groups excluding carboxylic acids is 1. The van der Waals surface area contributed by atoms with Crippen molar-refractivity contribution in [2.75, 3.05) is 32.7 Å². The van der Waals surface area contributed by atoms with Crippen LogP contribution >= 0.6 is 0 Å². The number of benzene rings is 1. The highest BCUT2D eigenvalue weighted by Crippen LogP contribution is 2.26. The second kappa shape index (κ2) is 6.29. The molecule has 114 valence electrons. The molecule has 3 heteroatoms. The monoisotopic (exact) mass is 286 g/mol. The molecule has 0 bridgehead atoms. The molecule has 2 aliphatic heterocycles. The molecule has 3 rings (SSSR count). The average molecular weight is 286 g/mol. The third-order valence-corrected chi connectivity index (χ3v) is 5.17. The van der Waals surface area contributed by atoms with Crippen LogP contribution in [-0.4, -0.2) is 54.9 Å². The molecule has 0 saturated carbocycles. The largest absolute Gasteiger partial charge is 0.302 e. The summed E-state index contributed by atoms with van der Waals surface area (Å²) in [7, 11) is 0. The lowest BCUT2D eigenvalue weighted by Gasteiger charge is -2.45. The Balaban J connectivity index is 1.68. The summed E-state index contributed by atoms with van der Waals surface area (Å²) in [6.45, 7) is 7.55. The van der Waals surface area contributed by atoms with Crippen LogP contribution < -0.4 is 0 Å². The Bertz CT molecular complexity index is 475. The molecule has 2 atom stereocenters. The minimum Gasteiger partial charge on any atom is -0.302 e. The van der Waals surface area contributed by atoms with E-state index in [4.69, 9.17) is 0 Å². The van der Waals surface area contributed by atoms with Crippen LogP contribution in [0.25, 0.3) is 0 Å². The van der Waals surface area contributed by atoms with Gasteiger partial charge in [-0.15, -0.1) is 0 Å². The van der Waals surface area contributed by atoms with Gasteiger partial charge >= 0.3 is 0 Å². The number of hydrogen-bond acceptors (Lipinski definition) is 3. The number of carbonyl (C=O) groups is 1. The number of hydrogen-bond donors (Lipinski definition) is 0. The smallest absolute Gasteiger partial charge is 0.131 e. The number of aldehydes is 1. The molecule has 0 amide bonds. The Morgan fingerprint density at radius 2 is 2.00 bits per heavy atom. The maximum atomic E-state index is 11.7. The van der Waals surface area contributed by atoms with Gasteiger partial charge in [0.2, 0.25) is 0 Å². The molecule has 1 aromatic rings. The van der Waals surface area contributed by atoms with Crippen molar-refractivity contribution >= 4 is 6.29 Å². The van der Waals surface area contributed by atoms with E-state index in [0.29, 0.717) is 6.04 Å². The second-order valence-electron chi connectivity index (χ2n) is 6.82. The first-order chi connectivity index (χ1) is 10.2. The summed E-state index contributed by atoms with van der Waals surface area (Å²) in [4.78, 5) is 16.9. The number of fused-ring (bicyclic) bond motifs is 1. The summed E-state index contributed by atoms with van der Waals surface area (Å²) >= 11 is 0. The summed E-state index contributed by atoms with van der Waals surface area (Å²) in [6.07, 6.45) is 5.17. The maximum Gasteiger partial charge on any atom is 0.131 e. The van der Waals surface area contributed by atoms with Crippen LogP contribution in [0.5, 0.6) is 0 Å². The fourth-order valence-corrected chi connectivity index (χ4v) is 3.84. The standard InChI is InChI=1S/C18H26N2O/c1-18(15-21,16-7-3-2-4-8-16)14-19-11-12-20-10-6-5-9-17(20)13-19/h2-4,7-8,15,17H,5-6,9-14H2,1H3. The first-order valence-electron chi connectivity index (χ1n) is 8.19. The fourth-order valence-electron chi connectivity index (χ4n) is 3.84. The molecular formula is C18H26N2O. The zero-order valence-corrected chi connectivity index (χ0v) is 13.0. The zero-order chi connectivity index (χ0) is 14.7. The lowest BCUT2D eigenvalue weighted by Crippen LogP contribution is -2.57. The Morgan fingerprint density at radius 3 is 2.76 bits per heavy atom. The lowest BCUT2D eigenvalue weighted by molar-refractivity contribution is -0.113. The third kappa shape index (κ3) is 3.19. The highest BCUT2D eigenvalue weighted by atomic mass is 16.1. The van der Waals surface area contributed by atoms with E-state index in [2.05, 4.69) is 28.9 Å². The molecule has 0 radical (unpaired) electrons. The first kappa shape index (κ1) is 14.7. The van der Waals surface area contributed by atoms with Gasteiger partial charge in [0.1, 0.15) is 6.29 Å². The van der Waals surface area contributed by atoms with E-state index in [1.165, 1.54) is 25.8 Å². The van der Waals surface area contributed by atoms with Crippen LogP contribution in [0.15, 0.2) is 30.3 Å². The highest BCUT2D eigenvalue weighted by Gasteiger charge is 2.34. The van der Waals surface area contributed by atoms with E-state index in [1.54, 1.807) is 0 Å². The summed E-state index contributed by atoms with van der Waals surface area (Å²) in [6, 6.07) is 10.9. The number of piperazine rings is 1. The normalized spacial score (nSPS) is 26.8. The minimum absolute atomic E-state index is 0.391. The number of nitrogens with zero attached hydrogens (tertiary/aromatic N) is 2. The minimum atomic E-state index is -0.391. The van der Waals surface area contributed by atoms with Gasteiger partial charge in [0.25, 0.3) is 0 Å². The van der Waals surface area contributed by atoms with Gasteiger partial charge in [-0.2, -0.15) is 0 Å². The van der Waals surface area contributed by atoms with Crippen LogP contribution in [0.1, 0.15) is 31.7 Å². The molecule has 21 heavy (non-hydrogen) atoms. The average Bonchev–Trinajstić information content (AvgIpc) is 2.55. The summed E-state index contributed by atoms with van der Waals surface area (Å²) in [5, 5.41) is 0. The van der Waals surface area contributed by atoms with Crippen molar-refractivity contribution in [3.8, 4) is 0 Å². The van der Waals surface area contributed by atoms with Crippen molar-refractivity contribution in [3.05, 3.63) is 35.9 Å².